The van der Waals surface area contributed by atoms with Crippen molar-refractivity contribution in [2.45, 2.75) is 6.54 Å². The molecule has 18 heavy (non-hydrogen) atoms. The number of nitrogens with zero attached hydrogens (tertiary/aromatic N) is 4. The van der Waals surface area contributed by atoms with Gasteiger partial charge in [-0.05, 0) is 24.3 Å². The molecule has 0 aliphatic rings. The van der Waals surface area contributed by atoms with Crippen LogP contribution in [0.15, 0.2) is 42.9 Å². The van der Waals surface area contributed by atoms with Gasteiger partial charge in [-0.25, -0.2) is 0 Å². The van der Waals surface area contributed by atoms with Crippen molar-refractivity contribution in [1.82, 2.24) is 19.6 Å². The fourth-order valence-corrected chi connectivity index (χ4v) is 1.68. The normalized spacial score (nSPS) is 10.7. The lowest BCUT2D eigenvalue weighted by Gasteiger charge is -2.04. The van der Waals surface area contributed by atoms with E-state index in [1.165, 1.54) is 0 Å². The first-order chi connectivity index (χ1) is 8.83. The van der Waals surface area contributed by atoms with Gasteiger partial charge in [-0.1, -0.05) is 0 Å². The number of phenols is 1. The van der Waals surface area contributed by atoms with Crippen LogP contribution in [0.5, 0.6) is 5.75 Å². The Morgan fingerprint density at radius 2 is 2.00 bits per heavy atom. The van der Waals surface area contributed by atoms with E-state index in [0.717, 1.165) is 17.2 Å². The first-order valence-electron chi connectivity index (χ1n) is 5.49. The molecule has 1 aromatic carbocycles. The SMILES string of the molecule is Oc1ccc(NCc2nnc3cnccn23)cc1. The van der Waals surface area contributed by atoms with Crippen LogP contribution in [0, 0.1) is 0 Å². The van der Waals surface area contributed by atoms with Gasteiger partial charge in [-0.15, -0.1) is 10.2 Å². The summed E-state index contributed by atoms with van der Waals surface area (Å²) in [6.45, 7) is 0.552. The number of hydrogen-bond donors (Lipinski definition) is 2. The van der Waals surface area contributed by atoms with Gasteiger partial charge >= 0.3 is 0 Å². The third-order valence-corrected chi connectivity index (χ3v) is 2.60. The Kier molecular flexibility index (Phi) is 2.53. The molecule has 0 unspecified atom stereocenters. The van der Waals surface area contributed by atoms with Gasteiger partial charge in [0.25, 0.3) is 0 Å². The number of aromatic hydroxyl groups is 1. The Bertz CT molecular complexity index is 662. The molecule has 0 radical (unpaired) electrons. The van der Waals surface area contributed by atoms with Crippen molar-refractivity contribution in [1.29, 1.82) is 0 Å². The third-order valence-electron chi connectivity index (χ3n) is 2.60. The van der Waals surface area contributed by atoms with E-state index < -0.39 is 0 Å². The van der Waals surface area contributed by atoms with Crippen molar-refractivity contribution < 1.29 is 5.11 Å². The quantitative estimate of drug-likeness (QED) is 0.679. The zero-order chi connectivity index (χ0) is 12.4. The van der Waals surface area contributed by atoms with Crippen molar-refractivity contribution in [3.05, 3.63) is 48.7 Å². The number of phenolic OH excluding ortho intramolecular Hbond substituents is 1. The summed E-state index contributed by atoms with van der Waals surface area (Å²) >= 11 is 0. The van der Waals surface area contributed by atoms with Crippen molar-refractivity contribution in [2.24, 2.45) is 0 Å². The summed E-state index contributed by atoms with van der Waals surface area (Å²) in [5.41, 5.74) is 1.64. The molecule has 90 valence electrons. The van der Waals surface area contributed by atoms with Gasteiger partial charge in [0.15, 0.2) is 11.5 Å². The Morgan fingerprint density at radius 3 is 2.83 bits per heavy atom. The van der Waals surface area contributed by atoms with E-state index in [1.54, 1.807) is 36.7 Å². The number of hydrogen-bond acceptors (Lipinski definition) is 5. The molecule has 0 bridgehead atoms. The monoisotopic (exact) mass is 241 g/mol. The van der Waals surface area contributed by atoms with Gasteiger partial charge in [-0.3, -0.25) is 9.38 Å². The summed E-state index contributed by atoms with van der Waals surface area (Å²) in [5, 5.41) is 20.5. The molecule has 0 saturated carbocycles. The molecular weight excluding hydrogens is 230 g/mol. The fraction of sp³-hybridized carbons (Fsp3) is 0.0833. The minimum Gasteiger partial charge on any atom is -0.508 e. The molecule has 2 N–H and O–H groups in total. The van der Waals surface area contributed by atoms with Crippen LogP contribution in [0.25, 0.3) is 5.65 Å². The lowest BCUT2D eigenvalue weighted by atomic mass is 10.3. The molecule has 0 spiro atoms. The second kappa shape index (κ2) is 4.33. The highest BCUT2D eigenvalue weighted by Gasteiger charge is 2.04. The van der Waals surface area contributed by atoms with E-state index >= 15 is 0 Å². The van der Waals surface area contributed by atoms with Crippen molar-refractivity contribution in [3.8, 4) is 5.75 Å². The van der Waals surface area contributed by atoms with E-state index in [-0.39, 0.29) is 5.75 Å². The maximum Gasteiger partial charge on any atom is 0.179 e. The largest absolute Gasteiger partial charge is 0.508 e. The van der Waals surface area contributed by atoms with Crippen LogP contribution in [-0.2, 0) is 6.54 Å². The number of aromatic nitrogens is 4. The molecule has 0 saturated heterocycles. The molecule has 6 heteroatoms. The minimum absolute atomic E-state index is 0.250. The van der Waals surface area contributed by atoms with Crippen LogP contribution in [0.3, 0.4) is 0 Å². The Morgan fingerprint density at radius 1 is 1.17 bits per heavy atom. The molecular formula is C12H11N5O. The van der Waals surface area contributed by atoms with Crippen molar-refractivity contribution >= 4 is 11.3 Å². The second-order valence-electron chi connectivity index (χ2n) is 3.82. The molecule has 2 aromatic heterocycles. The highest BCUT2D eigenvalue weighted by molar-refractivity contribution is 5.46. The highest BCUT2D eigenvalue weighted by Crippen LogP contribution is 2.14. The number of rotatable bonds is 3. The first-order valence-corrected chi connectivity index (χ1v) is 5.49. The van der Waals surface area contributed by atoms with E-state index in [1.807, 2.05) is 10.6 Å². The number of benzene rings is 1. The lowest BCUT2D eigenvalue weighted by Crippen LogP contribution is -2.03. The molecule has 0 aliphatic carbocycles. The van der Waals surface area contributed by atoms with Crippen LogP contribution >= 0.6 is 0 Å². The van der Waals surface area contributed by atoms with Gasteiger partial charge in [-0.2, -0.15) is 0 Å². The number of nitrogens with one attached hydrogen (secondary N) is 1. The van der Waals surface area contributed by atoms with Crippen LogP contribution in [0.1, 0.15) is 5.82 Å². The first kappa shape index (κ1) is 10.5. The number of fused-ring (bicyclic) bond motifs is 1. The zero-order valence-electron chi connectivity index (χ0n) is 9.48. The fourth-order valence-electron chi connectivity index (χ4n) is 1.68. The molecule has 6 nitrogen and oxygen atoms in total. The number of anilines is 1. The van der Waals surface area contributed by atoms with Gasteiger partial charge in [0.2, 0.25) is 0 Å². The molecule has 3 aromatic rings. The van der Waals surface area contributed by atoms with Gasteiger partial charge < -0.3 is 10.4 Å². The summed E-state index contributed by atoms with van der Waals surface area (Å²) in [5.74, 6) is 1.06. The zero-order valence-corrected chi connectivity index (χ0v) is 9.48. The van der Waals surface area contributed by atoms with Crippen molar-refractivity contribution in [2.75, 3.05) is 5.32 Å². The standard InChI is InChI=1S/C12H11N5O/c18-10-3-1-9(2-4-10)14-8-12-16-15-11-7-13-5-6-17(11)12/h1-7,14,18H,8H2. The van der Waals surface area contributed by atoms with Crippen molar-refractivity contribution in [3.63, 3.8) is 0 Å². The molecule has 0 amide bonds. The molecule has 0 fully saturated rings. The highest BCUT2D eigenvalue weighted by atomic mass is 16.3. The van der Waals surface area contributed by atoms with Gasteiger partial charge in [0.05, 0.1) is 12.7 Å². The Labute approximate surface area is 103 Å². The Hall–Kier alpha value is -2.63. The van der Waals surface area contributed by atoms with E-state index in [0.29, 0.717) is 6.54 Å². The van der Waals surface area contributed by atoms with Crippen LogP contribution < -0.4 is 5.32 Å². The Balaban J connectivity index is 1.79. The summed E-state index contributed by atoms with van der Waals surface area (Å²) in [4.78, 5) is 3.98. The lowest BCUT2D eigenvalue weighted by molar-refractivity contribution is 0.475. The summed E-state index contributed by atoms with van der Waals surface area (Å²) in [6.07, 6.45) is 5.18. The average Bonchev–Trinajstić information content (AvgIpc) is 2.82. The minimum atomic E-state index is 0.250. The average molecular weight is 241 g/mol. The van der Waals surface area contributed by atoms with E-state index in [2.05, 4.69) is 20.5 Å². The summed E-state index contributed by atoms with van der Waals surface area (Å²) in [7, 11) is 0. The predicted octanol–water partition coefficient (Wildman–Crippen LogP) is 1.44. The van der Waals surface area contributed by atoms with E-state index in [9.17, 15) is 5.11 Å². The molecule has 3 rings (SSSR count). The topological polar surface area (TPSA) is 75.3 Å². The van der Waals surface area contributed by atoms with Gasteiger partial charge in [0, 0.05) is 18.1 Å². The molecule has 0 atom stereocenters. The smallest absolute Gasteiger partial charge is 0.179 e. The molecule has 0 aliphatic heterocycles. The van der Waals surface area contributed by atoms with Crippen LogP contribution in [0.2, 0.25) is 0 Å². The van der Waals surface area contributed by atoms with Crippen LogP contribution in [-0.4, -0.2) is 24.7 Å². The summed E-state index contributed by atoms with van der Waals surface area (Å²) in [6, 6.07) is 6.88. The van der Waals surface area contributed by atoms with Gasteiger partial charge in [0.1, 0.15) is 5.75 Å². The third kappa shape index (κ3) is 1.95. The van der Waals surface area contributed by atoms with E-state index in [4.69, 9.17) is 0 Å². The second-order valence-corrected chi connectivity index (χ2v) is 3.82. The van der Waals surface area contributed by atoms with Crippen LogP contribution in [0.4, 0.5) is 5.69 Å². The maximum atomic E-state index is 9.19. The maximum absolute atomic E-state index is 9.19. The summed E-state index contributed by atoms with van der Waals surface area (Å²) < 4.78 is 1.88. The predicted molar refractivity (Wildman–Crippen MR) is 66.2 cm³/mol. The molecule has 2 heterocycles.